The quantitative estimate of drug-likeness (QED) is 0.857. The second-order valence-corrected chi connectivity index (χ2v) is 6.69. The minimum absolute atomic E-state index is 0.136. The zero-order chi connectivity index (χ0) is 17.4. The second kappa shape index (κ2) is 6.29. The van der Waals surface area contributed by atoms with E-state index in [4.69, 9.17) is 11.6 Å². The number of rotatable bonds is 3. The SMILES string of the molecule is Cc1cc(C)cc(N[C@@H]2CC(=O)N(c3ccc(C)c(Cl)c3)C2=O)c1. The van der Waals surface area contributed by atoms with E-state index < -0.39 is 6.04 Å². The molecule has 0 aromatic heterocycles. The van der Waals surface area contributed by atoms with Crippen LogP contribution in [0.1, 0.15) is 23.1 Å². The summed E-state index contributed by atoms with van der Waals surface area (Å²) in [7, 11) is 0. The lowest BCUT2D eigenvalue weighted by Gasteiger charge is -2.17. The number of anilines is 2. The van der Waals surface area contributed by atoms with Crippen molar-refractivity contribution in [2.75, 3.05) is 10.2 Å². The standard InChI is InChI=1S/C19H19ClN2O2/c1-11-6-12(2)8-14(7-11)21-17-10-18(23)22(19(17)24)15-5-4-13(3)16(20)9-15/h4-9,17,21H,10H2,1-3H3/t17-/m1/s1. The van der Waals surface area contributed by atoms with E-state index in [1.165, 1.54) is 4.90 Å². The van der Waals surface area contributed by atoms with Crippen molar-refractivity contribution in [1.29, 1.82) is 0 Å². The number of halogens is 1. The predicted octanol–water partition coefficient (Wildman–Crippen LogP) is 4.01. The van der Waals surface area contributed by atoms with Gasteiger partial charge in [-0.3, -0.25) is 9.59 Å². The summed E-state index contributed by atoms with van der Waals surface area (Å²) in [6.07, 6.45) is 0.136. The minimum atomic E-state index is -0.557. The zero-order valence-corrected chi connectivity index (χ0v) is 14.6. The number of imide groups is 1. The van der Waals surface area contributed by atoms with Gasteiger partial charge >= 0.3 is 0 Å². The van der Waals surface area contributed by atoms with E-state index in [2.05, 4.69) is 11.4 Å². The molecule has 1 aliphatic rings. The van der Waals surface area contributed by atoms with E-state index in [1.807, 2.05) is 39.0 Å². The fourth-order valence-corrected chi connectivity index (χ4v) is 3.17. The highest BCUT2D eigenvalue weighted by Crippen LogP contribution is 2.29. The Bertz CT molecular complexity index is 812. The van der Waals surface area contributed by atoms with Gasteiger partial charge in [-0.2, -0.15) is 0 Å². The molecule has 1 heterocycles. The lowest BCUT2D eigenvalue weighted by Crippen LogP contribution is -2.34. The largest absolute Gasteiger partial charge is 0.373 e. The summed E-state index contributed by atoms with van der Waals surface area (Å²) in [5.41, 5.74) is 4.49. The highest BCUT2D eigenvalue weighted by molar-refractivity contribution is 6.32. The summed E-state index contributed by atoms with van der Waals surface area (Å²) in [6.45, 7) is 5.88. The normalized spacial score (nSPS) is 17.5. The van der Waals surface area contributed by atoms with Gasteiger partial charge < -0.3 is 5.32 Å². The fourth-order valence-electron chi connectivity index (χ4n) is 3.00. The van der Waals surface area contributed by atoms with Gasteiger partial charge in [-0.05, 0) is 61.7 Å². The molecule has 2 aromatic rings. The molecule has 0 unspecified atom stereocenters. The van der Waals surface area contributed by atoms with Crippen LogP contribution in [-0.4, -0.2) is 17.9 Å². The molecule has 24 heavy (non-hydrogen) atoms. The monoisotopic (exact) mass is 342 g/mol. The topological polar surface area (TPSA) is 49.4 Å². The van der Waals surface area contributed by atoms with Gasteiger partial charge in [0.15, 0.2) is 0 Å². The Hall–Kier alpha value is -2.33. The highest BCUT2D eigenvalue weighted by Gasteiger charge is 2.39. The van der Waals surface area contributed by atoms with Gasteiger partial charge in [0, 0.05) is 10.7 Å². The maximum absolute atomic E-state index is 12.7. The Morgan fingerprint density at radius 3 is 2.33 bits per heavy atom. The summed E-state index contributed by atoms with van der Waals surface area (Å²) >= 11 is 6.12. The molecule has 1 saturated heterocycles. The third kappa shape index (κ3) is 3.15. The first-order valence-corrected chi connectivity index (χ1v) is 8.21. The van der Waals surface area contributed by atoms with Crippen LogP contribution < -0.4 is 10.2 Å². The zero-order valence-electron chi connectivity index (χ0n) is 13.9. The number of carbonyl (C=O) groups excluding carboxylic acids is 2. The Morgan fingerprint density at radius 1 is 1.04 bits per heavy atom. The molecule has 5 heteroatoms. The highest BCUT2D eigenvalue weighted by atomic mass is 35.5. The first-order valence-electron chi connectivity index (χ1n) is 7.83. The lowest BCUT2D eigenvalue weighted by atomic mass is 10.1. The number of carbonyl (C=O) groups is 2. The van der Waals surface area contributed by atoms with Crippen LogP contribution in [0.25, 0.3) is 0 Å². The van der Waals surface area contributed by atoms with Crippen LogP contribution in [-0.2, 0) is 9.59 Å². The molecule has 0 spiro atoms. The number of amides is 2. The van der Waals surface area contributed by atoms with Gasteiger partial charge in [0.1, 0.15) is 6.04 Å². The summed E-state index contributed by atoms with van der Waals surface area (Å²) < 4.78 is 0. The Labute approximate surface area is 146 Å². The molecule has 4 nitrogen and oxygen atoms in total. The smallest absolute Gasteiger partial charge is 0.256 e. The van der Waals surface area contributed by atoms with Crippen molar-refractivity contribution >= 4 is 34.8 Å². The molecule has 0 saturated carbocycles. The van der Waals surface area contributed by atoms with Crippen LogP contribution in [0.4, 0.5) is 11.4 Å². The number of hydrogen-bond donors (Lipinski definition) is 1. The molecule has 3 rings (SSSR count). The number of hydrogen-bond acceptors (Lipinski definition) is 3. The number of benzene rings is 2. The van der Waals surface area contributed by atoms with E-state index in [0.29, 0.717) is 10.7 Å². The van der Waals surface area contributed by atoms with E-state index in [0.717, 1.165) is 22.4 Å². The minimum Gasteiger partial charge on any atom is -0.373 e. The van der Waals surface area contributed by atoms with Crippen LogP contribution in [0.5, 0.6) is 0 Å². The van der Waals surface area contributed by atoms with Crippen molar-refractivity contribution < 1.29 is 9.59 Å². The van der Waals surface area contributed by atoms with Crippen LogP contribution in [0.3, 0.4) is 0 Å². The molecular weight excluding hydrogens is 324 g/mol. The third-order valence-electron chi connectivity index (χ3n) is 4.12. The third-order valence-corrected chi connectivity index (χ3v) is 4.53. The van der Waals surface area contributed by atoms with Crippen molar-refractivity contribution in [3.05, 3.63) is 58.1 Å². The molecule has 0 bridgehead atoms. The van der Waals surface area contributed by atoms with E-state index >= 15 is 0 Å². The van der Waals surface area contributed by atoms with Gasteiger partial charge in [0.25, 0.3) is 5.91 Å². The van der Waals surface area contributed by atoms with Crippen LogP contribution in [0.15, 0.2) is 36.4 Å². The predicted molar refractivity (Wildman–Crippen MR) is 96.6 cm³/mol. The molecule has 0 radical (unpaired) electrons. The number of nitrogens with one attached hydrogen (secondary N) is 1. The van der Waals surface area contributed by atoms with Crippen molar-refractivity contribution in [1.82, 2.24) is 0 Å². The van der Waals surface area contributed by atoms with E-state index in [1.54, 1.807) is 12.1 Å². The average molecular weight is 343 g/mol. The Morgan fingerprint density at radius 2 is 1.71 bits per heavy atom. The summed E-state index contributed by atoms with van der Waals surface area (Å²) in [4.78, 5) is 26.2. The number of aryl methyl sites for hydroxylation is 3. The summed E-state index contributed by atoms with van der Waals surface area (Å²) in [5, 5.41) is 3.72. The van der Waals surface area contributed by atoms with E-state index in [-0.39, 0.29) is 18.2 Å². The molecule has 1 aliphatic heterocycles. The van der Waals surface area contributed by atoms with Crippen LogP contribution in [0.2, 0.25) is 5.02 Å². The molecular formula is C19H19ClN2O2. The maximum atomic E-state index is 12.7. The van der Waals surface area contributed by atoms with Crippen LogP contribution >= 0.6 is 11.6 Å². The van der Waals surface area contributed by atoms with Crippen molar-refractivity contribution in [3.63, 3.8) is 0 Å². The Balaban J connectivity index is 1.84. The second-order valence-electron chi connectivity index (χ2n) is 6.28. The van der Waals surface area contributed by atoms with Gasteiger partial charge in [0.05, 0.1) is 12.1 Å². The van der Waals surface area contributed by atoms with Gasteiger partial charge in [0.2, 0.25) is 5.91 Å². The summed E-state index contributed by atoms with van der Waals surface area (Å²) in [5.74, 6) is -0.471. The van der Waals surface area contributed by atoms with Crippen molar-refractivity contribution in [3.8, 4) is 0 Å². The fraction of sp³-hybridized carbons (Fsp3) is 0.263. The van der Waals surface area contributed by atoms with Crippen molar-refractivity contribution in [2.24, 2.45) is 0 Å². The van der Waals surface area contributed by atoms with Crippen LogP contribution in [0, 0.1) is 20.8 Å². The first kappa shape index (κ1) is 16.5. The van der Waals surface area contributed by atoms with Gasteiger partial charge in [-0.1, -0.05) is 23.7 Å². The van der Waals surface area contributed by atoms with E-state index in [9.17, 15) is 9.59 Å². The lowest BCUT2D eigenvalue weighted by molar-refractivity contribution is -0.121. The molecule has 0 aliphatic carbocycles. The number of nitrogens with zero attached hydrogens (tertiary/aromatic N) is 1. The average Bonchev–Trinajstić information content (AvgIpc) is 2.75. The first-order chi connectivity index (χ1) is 11.3. The van der Waals surface area contributed by atoms with Crippen molar-refractivity contribution in [2.45, 2.75) is 33.2 Å². The van der Waals surface area contributed by atoms with Gasteiger partial charge in [-0.25, -0.2) is 4.90 Å². The molecule has 1 fully saturated rings. The molecule has 124 valence electrons. The molecule has 2 aromatic carbocycles. The molecule has 1 N–H and O–H groups in total. The Kier molecular flexibility index (Phi) is 4.33. The summed E-state index contributed by atoms with van der Waals surface area (Å²) in [6, 6.07) is 10.7. The molecule has 2 amide bonds. The molecule has 1 atom stereocenters. The van der Waals surface area contributed by atoms with Gasteiger partial charge in [-0.15, -0.1) is 0 Å². The maximum Gasteiger partial charge on any atom is 0.256 e.